The summed E-state index contributed by atoms with van der Waals surface area (Å²) < 4.78 is 25.7. The van der Waals surface area contributed by atoms with Crippen molar-refractivity contribution < 1.29 is 28.5 Å². The number of aliphatic hydroxyl groups excluding tert-OH is 1. The molecule has 0 spiro atoms. The van der Waals surface area contributed by atoms with E-state index in [2.05, 4.69) is 6.58 Å². The van der Waals surface area contributed by atoms with Gasteiger partial charge >= 0.3 is 13.3 Å². The number of aliphatic hydroxyl groups is 1. The molecule has 0 bridgehead atoms. The van der Waals surface area contributed by atoms with Crippen LogP contribution in [-0.2, 0) is 23.4 Å². The summed E-state index contributed by atoms with van der Waals surface area (Å²) in [5.41, 5.74) is -0.0640. The van der Waals surface area contributed by atoms with Crippen LogP contribution >= 0.6 is 7.37 Å². The second-order valence-corrected chi connectivity index (χ2v) is 10.0. The van der Waals surface area contributed by atoms with Gasteiger partial charge in [0, 0.05) is 6.42 Å². The Bertz CT molecular complexity index is 1070. The lowest BCUT2D eigenvalue weighted by Crippen LogP contribution is -2.61. The quantitative estimate of drug-likeness (QED) is 0.286. The molecule has 0 aliphatic carbocycles. The highest BCUT2D eigenvalue weighted by Gasteiger charge is 2.58. The fourth-order valence-corrected chi connectivity index (χ4v) is 6.27. The molecule has 8 heteroatoms. The minimum absolute atomic E-state index is 0.0445. The van der Waals surface area contributed by atoms with Crippen LogP contribution in [0.2, 0.25) is 0 Å². The molecule has 3 atom stereocenters. The smallest absolute Gasteiger partial charge is 0.358 e. The Labute approximate surface area is 186 Å². The van der Waals surface area contributed by atoms with Crippen molar-refractivity contribution in [2.75, 3.05) is 6.61 Å². The molecular weight excluding hydrogens is 429 g/mol. The van der Waals surface area contributed by atoms with E-state index in [0.29, 0.717) is 10.6 Å². The van der Waals surface area contributed by atoms with Gasteiger partial charge in [-0.1, -0.05) is 49.1 Å². The van der Waals surface area contributed by atoms with E-state index in [-0.39, 0.29) is 30.4 Å². The van der Waals surface area contributed by atoms with Gasteiger partial charge in [-0.05, 0) is 31.2 Å². The van der Waals surface area contributed by atoms with Crippen molar-refractivity contribution in [3.05, 3.63) is 84.8 Å². The second kappa shape index (κ2) is 8.77. The van der Waals surface area contributed by atoms with Crippen LogP contribution in [-0.4, -0.2) is 40.6 Å². The van der Waals surface area contributed by atoms with Crippen LogP contribution in [0.15, 0.2) is 84.8 Å². The van der Waals surface area contributed by atoms with Crippen LogP contribution in [0.3, 0.4) is 0 Å². The zero-order valence-electron chi connectivity index (χ0n) is 17.6. The van der Waals surface area contributed by atoms with Gasteiger partial charge in [-0.2, -0.15) is 0 Å². The van der Waals surface area contributed by atoms with Gasteiger partial charge < -0.3 is 14.4 Å². The normalized spacial score (nSPS) is 20.9. The zero-order chi connectivity index (χ0) is 22.9. The fourth-order valence-electron chi connectivity index (χ4n) is 4.16. The van der Waals surface area contributed by atoms with Gasteiger partial charge in [0.15, 0.2) is 5.70 Å². The minimum atomic E-state index is -3.65. The topological polar surface area (TPSA) is 93.1 Å². The Morgan fingerprint density at radius 3 is 2.25 bits per heavy atom. The molecular formula is C24H24NO6P. The number of fused-ring (bicyclic) bond motifs is 1. The third-order valence-corrected chi connectivity index (χ3v) is 8.08. The average Bonchev–Trinajstić information content (AvgIpc) is 3.11. The van der Waals surface area contributed by atoms with E-state index in [4.69, 9.17) is 9.26 Å². The van der Waals surface area contributed by atoms with Crippen molar-refractivity contribution in [1.29, 1.82) is 0 Å². The highest BCUT2D eigenvalue weighted by Crippen LogP contribution is 2.52. The molecule has 4 rings (SSSR count). The van der Waals surface area contributed by atoms with Crippen LogP contribution in [0.1, 0.15) is 13.3 Å². The number of β-lactam (4-membered cyclic amide) rings is 1. The predicted octanol–water partition coefficient (Wildman–Crippen LogP) is 2.48. The molecule has 0 saturated carbocycles. The molecule has 0 radical (unpaired) electrons. The fraction of sp³-hybridized carbons (Fsp3) is 0.250. The predicted molar refractivity (Wildman–Crippen MR) is 119 cm³/mol. The average molecular weight is 453 g/mol. The summed E-state index contributed by atoms with van der Waals surface area (Å²) in [6, 6.07) is 17.0. The van der Waals surface area contributed by atoms with E-state index in [1.165, 1.54) is 17.9 Å². The molecule has 1 fully saturated rings. The number of benzene rings is 2. The molecule has 0 unspecified atom stereocenters. The molecule has 1 N–H and O–H groups in total. The molecule has 2 aromatic rings. The van der Waals surface area contributed by atoms with Crippen LogP contribution in [0, 0.1) is 5.92 Å². The second-order valence-electron chi connectivity index (χ2n) is 7.72. The molecule has 2 heterocycles. The van der Waals surface area contributed by atoms with Crippen molar-refractivity contribution in [3.8, 4) is 0 Å². The maximum Gasteiger partial charge on any atom is 0.358 e. The Hall–Kier alpha value is -3.15. The highest BCUT2D eigenvalue weighted by molar-refractivity contribution is 7.74. The van der Waals surface area contributed by atoms with Crippen molar-refractivity contribution in [2.24, 2.45) is 5.92 Å². The minimum Gasteiger partial charge on any atom is -0.457 e. The van der Waals surface area contributed by atoms with Gasteiger partial charge in [-0.15, -0.1) is 0 Å². The number of rotatable bonds is 8. The zero-order valence-corrected chi connectivity index (χ0v) is 18.5. The SMILES string of the molecule is C=CCOC(=O)C1=C(OP(=O)(c2ccccc2)c2ccccc2)C[C@@H]2[C@@H]([C@@H](C)O)C(=O)N12. The van der Waals surface area contributed by atoms with E-state index >= 15 is 0 Å². The summed E-state index contributed by atoms with van der Waals surface area (Å²) in [4.78, 5) is 26.8. The maximum atomic E-state index is 14.3. The molecule has 1 amide bonds. The lowest BCUT2D eigenvalue weighted by molar-refractivity contribution is -0.162. The van der Waals surface area contributed by atoms with E-state index in [0.717, 1.165) is 0 Å². The first-order valence-corrected chi connectivity index (χ1v) is 11.9. The van der Waals surface area contributed by atoms with Crippen LogP contribution < -0.4 is 10.6 Å². The first-order chi connectivity index (χ1) is 15.4. The number of amides is 1. The van der Waals surface area contributed by atoms with Gasteiger partial charge in [0.25, 0.3) is 0 Å². The number of hydrogen-bond donors (Lipinski definition) is 1. The molecule has 2 aromatic carbocycles. The van der Waals surface area contributed by atoms with E-state index in [9.17, 15) is 19.3 Å². The van der Waals surface area contributed by atoms with Crippen LogP contribution in [0.4, 0.5) is 0 Å². The van der Waals surface area contributed by atoms with Crippen LogP contribution in [0.25, 0.3) is 0 Å². The Balaban J connectivity index is 1.78. The van der Waals surface area contributed by atoms with Gasteiger partial charge in [0.05, 0.1) is 28.7 Å². The summed E-state index contributed by atoms with van der Waals surface area (Å²) in [6.45, 7) is 5.02. The van der Waals surface area contributed by atoms with Gasteiger partial charge in [-0.3, -0.25) is 14.3 Å². The number of nitrogens with zero attached hydrogens (tertiary/aromatic N) is 1. The van der Waals surface area contributed by atoms with Crippen molar-refractivity contribution in [3.63, 3.8) is 0 Å². The van der Waals surface area contributed by atoms with Crippen molar-refractivity contribution >= 4 is 29.9 Å². The first kappa shape index (κ1) is 22.1. The van der Waals surface area contributed by atoms with Gasteiger partial charge in [0.1, 0.15) is 12.4 Å². The number of carbonyl (C=O) groups is 2. The summed E-state index contributed by atoms with van der Waals surface area (Å²) in [5, 5.41) is 11.0. The van der Waals surface area contributed by atoms with Gasteiger partial charge in [0.2, 0.25) is 5.91 Å². The maximum absolute atomic E-state index is 14.3. The van der Waals surface area contributed by atoms with Gasteiger partial charge in [-0.25, -0.2) is 4.79 Å². The van der Waals surface area contributed by atoms with Crippen molar-refractivity contribution in [1.82, 2.24) is 4.90 Å². The number of carbonyl (C=O) groups excluding carboxylic acids is 2. The number of esters is 1. The van der Waals surface area contributed by atoms with E-state index in [1.807, 2.05) is 12.1 Å². The monoisotopic (exact) mass is 453 g/mol. The molecule has 166 valence electrons. The number of hydrogen-bond acceptors (Lipinski definition) is 6. The Kier molecular flexibility index (Phi) is 6.04. The summed E-state index contributed by atoms with van der Waals surface area (Å²) >= 11 is 0. The molecule has 7 nitrogen and oxygen atoms in total. The Morgan fingerprint density at radius 2 is 1.75 bits per heavy atom. The summed E-state index contributed by atoms with van der Waals surface area (Å²) in [7, 11) is -3.65. The molecule has 1 saturated heterocycles. The lowest BCUT2D eigenvalue weighted by Gasteiger charge is -2.44. The highest BCUT2D eigenvalue weighted by atomic mass is 31.2. The third kappa shape index (κ3) is 3.68. The summed E-state index contributed by atoms with van der Waals surface area (Å²) in [5.74, 6) is -1.68. The lowest BCUT2D eigenvalue weighted by atomic mass is 9.83. The van der Waals surface area contributed by atoms with E-state index < -0.39 is 31.4 Å². The van der Waals surface area contributed by atoms with E-state index in [1.54, 1.807) is 48.5 Å². The Morgan fingerprint density at radius 1 is 1.19 bits per heavy atom. The van der Waals surface area contributed by atoms with Crippen LogP contribution in [0.5, 0.6) is 0 Å². The first-order valence-electron chi connectivity index (χ1n) is 10.3. The molecule has 2 aliphatic rings. The van der Waals surface area contributed by atoms with Crippen molar-refractivity contribution in [2.45, 2.75) is 25.5 Å². The molecule has 0 aromatic heterocycles. The molecule has 32 heavy (non-hydrogen) atoms. The standard InChI is InChI=1S/C24H24NO6P/c1-3-14-30-24(28)22-20(15-19-21(16(2)26)23(27)25(19)22)31-32(29,17-10-6-4-7-11-17)18-12-8-5-9-13-18/h3-13,16,19,21,26H,1,14-15H2,2H3/t16-,19-,21-/m1/s1. The third-order valence-electron chi connectivity index (χ3n) is 5.64. The number of ether oxygens (including phenoxy) is 1. The largest absolute Gasteiger partial charge is 0.457 e. The molecule has 2 aliphatic heterocycles. The summed E-state index contributed by atoms with van der Waals surface area (Å²) in [6.07, 6.45) is 0.688.